The van der Waals surface area contributed by atoms with Gasteiger partial charge in [0.1, 0.15) is 11.6 Å². The van der Waals surface area contributed by atoms with E-state index in [0.29, 0.717) is 18.8 Å². The summed E-state index contributed by atoms with van der Waals surface area (Å²) in [7, 11) is 0. The van der Waals surface area contributed by atoms with E-state index in [4.69, 9.17) is 10.00 Å². The number of hydrogen-bond donors (Lipinski definition) is 0. The van der Waals surface area contributed by atoms with Gasteiger partial charge in [-0.1, -0.05) is 30.3 Å². The predicted molar refractivity (Wildman–Crippen MR) is 71.3 cm³/mol. The molecular formula is C16H14FNO. The van der Waals surface area contributed by atoms with Crippen LogP contribution in [0.3, 0.4) is 0 Å². The smallest absolute Gasteiger partial charge is 0.123 e. The lowest BCUT2D eigenvalue weighted by molar-refractivity contribution is 0.305. The van der Waals surface area contributed by atoms with Crippen LogP contribution in [0, 0.1) is 17.1 Å². The van der Waals surface area contributed by atoms with E-state index in [1.165, 1.54) is 12.1 Å². The van der Waals surface area contributed by atoms with Crippen LogP contribution in [0.4, 0.5) is 4.39 Å². The number of rotatable bonds is 5. The number of nitrogens with zero attached hydrogens (tertiary/aromatic N) is 1. The number of benzene rings is 2. The van der Waals surface area contributed by atoms with Crippen molar-refractivity contribution in [2.24, 2.45) is 0 Å². The Morgan fingerprint density at radius 3 is 2.37 bits per heavy atom. The molecule has 0 radical (unpaired) electrons. The summed E-state index contributed by atoms with van der Waals surface area (Å²) >= 11 is 0. The molecule has 0 aliphatic carbocycles. The molecule has 0 saturated carbocycles. The number of hydrogen-bond acceptors (Lipinski definition) is 2. The molecule has 0 heterocycles. The average Bonchev–Trinajstić information content (AvgIpc) is 2.46. The molecule has 2 nitrogen and oxygen atoms in total. The summed E-state index contributed by atoms with van der Waals surface area (Å²) in [5.74, 6) is 0.152. The van der Waals surface area contributed by atoms with Crippen molar-refractivity contribution in [3.8, 4) is 11.8 Å². The van der Waals surface area contributed by atoms with E-state index in [-0.39, 0.29) is 11.7 Å². The van der Waals surface area contributed by atoms with Gasteiger partial charge >= 0.3 is 0 Å². The Morgan fingerprint density at radius 2 is 1.74 bits per heavy atom. The Kier molecular flexibility index (Phi) is 4.52. The molecule has 0 amide bonds. The second kappa shape index (κ2) is 6.55. The normalized spacial score (nSPS) is 11.6. The van der Waals surface area contributed by atoms with E-state index < -0.39 is 0 Å². The van der Waals surface area contributed by atoms with Gasteiger partial charge in [-0.15, -0.1) is 0 Å². The van der Waals surface area contributed by atoms with Crippen molar-refractivity contribution in [2.45, 2.75) is 12.3 Å². The summed E-state index contributed by atoms with van der Waals surface area (Å²) in [4.78, 5) is 0. The second-order valence-corrected chi connectivity index (χ2v) is 4.18. The molecule has 2 rings (SSSR count). The van der Waals surface area contributed by atoms with Crippen LogP contribution in [0.15, 0.2) is 54.6 Å². The molecule has 0 aromatic heterocycles. The Hall–Kier alpha value is -2.34. The highest BCUT2D eigenvalue weighted by Gasteiger charge is 2.09. The third kappa shape index (κ3) is 3.82. The molecule has 0 fully saturated rings. The Bertz CT molecular complexity index is 545. The zero-order valence-corrected chi connectivity index (χ0v) is 10.4. The number of halogens is 1. The van der Waals surface area contributed by atoms with Gasteiger partial charge in [-0.05, 0) is 29.8 Å². The number of ether oxygens (including phenoxy) is 1. The van der Waals surface area contributed by atoms with Gasteiger partial charge in [-0.3, -0.25) is 0 Å². The SMILES string of the molecule is N#CC(CCOc1ccc(F)cc1)c1ccccc1. The van der Waals surface area contributed by atoms with Crippen molar-refractivity contribution >= 4 is 0 Å². The summed E-state index contributed by atoms with van der Waals surface area (Å²) < 4.78 is 18.2. The van der Waals surface area contributed by atoms with Gasteiger partial charge in [0.15, 0.2) is 0 Å². The molecule has 96 valence electrons. The van der Waals surface area contributed by atoms with Gasteiger partial charge in [0.05, 0.1) is 18.6 Å². The largest absolute Gasteiger partial charge is 0.494 e. The van der Waals surface area contributed by atoms with Gasteiger partial charge in [-0.25, -0.2) is 4.39 Å². The summed E-state index contributed by atoms with van der Waals surface area (Å²) in [5, 5.41) is 9.16. The van der Waals surface area contributed by atoms with Crippen LogP contribution in [0.5, 0.6) is 5.75 Å². The van der Waals surface area contributed by atoms with Crippen LogP contribution < -0.4 is 4.74 Å². The molecule has 0 spiro atoms. The average molecular weight is 255 g/mol. The van der Waals surface area contributed by atoms with Crippen molar-refractivity contribution in [1.29, 1.82) is 5.26 Å². The first-order valence-electron chi connectivity index (χ1n) is 6.12. The molecule has 0 N–H and O–H groups in total. The van der Waals surface area contributed by atoms with Gasteiger partial charge in [0.2, 0.25) is 0 Å². The Morgan fingerprint density at radius 1 is 1.05 bits per heavy atom. The zero-order valence-electron chi connectivity index (χ0n) is 10.4. The lowest BCUT2D eigenvalue weighted by atomic mass is 9.98. The maximum atomic E-state index is 12.7. The summed E-state index contributed by atoms with van der Waals surface area (Å²) in [5.41, 5.74) is 0.993. The molecule has 0 bridgehead atoms. The van der Waals surface area contributed by atoms with Crippen LogP contribution in [0.1, 0.15) is 17.9 Å². The Balaban J connectivity index is 1.88. The molecule has 1 atom stereocenters. The van der Waals surface area contributed by atoms with Crippen LogP contribution in [0.25, 0.3) is 0 Å². The Labute approximate surface area is 112 Å². The quantitative estimate of drug-likeness (QED) is 0.811. The minimum atomic E-state index is -0.286. The van der Waals surface area contributed by atoms with Crippen molar-refractivity contribution in [3.05, 3.63) is 66.0 Å². The molecule has 1 unspecified atom stereocenters. The molecule has 2 aromatic rings. The highest BCUT2D eigenvalue weighted by molar-refractivity contribution is 5.25. The topological polar surface area (TPSA) is 33.0 Å². The molecule has 0 aliphatic heterocycles. The fourth-order valence-corrected chi connectivity index (χ4v) is 1.82. The van der Waals surface area contributed by atoms with E-state index in [2.05, 4.69) is 6.07 Å². The standard InChI is InChI=1S/C16H14FNO/c17-15-6-8-16(9-7-15)19-11-10-14(12-18)13-4-2-1-3-5-13/h1-9,14H,10-11H2. The van der Waals surface area contributed by atoms with Crippen LogP contribution in [-0.4, -0.2) is 6.61 Å². The number of nitriles is 1. The first kappa shape index (κ1) is 13.1. The van der Waals surface area contributed by atoms with Crippen molar-refractivity contribution in [3.63, 3.8) is 0 Å². The van der Waals surface area contributed by atoms with Crippen molar-refractivity contribution in [2.75, 3.05) is 6.61 Å². The second-order valence-electron chi connectivity index (χ2n) is 4.18. The van der Waals surface area contributed by atoms with Gasteiger partial charge in [-0.2, -0.15) is 5.26 Å². The highest BCUT2D eigenvalue weighted by atomic mass is 19.1. The fourth-order valence-electron chi connectivity index (χ4n) is 1.82. The molecule has 19 heavy (non-hydrogen) atoms. The first-order chi connectivity index (χ1) is 9.29. The molecule has 0 saturated heterocycles. The van der Waals surface area contributed by atoms with E-state index in [9.17, 15) is 4.39 Å². The maximum absolute atomic E-state index is 12.7. The van der Waals surface area contributed by atoms with Crippen molar-refractivity contribution in [1.82, 2.24) is 0 Å². The fraction of sp³-hybridized carbons (Fsp3) is 0.188. The molecule has 2 aromatic carbocycles. The van der Waals surface area contributed by atoms with E-state index in [1.807, 2.05) is 30.3 Å². The highest BCUT2D eigenvalue weighted by Crippen LogP contribution is 2.19. The third-order valence-corrected chi connectivity index (χ3v) is 2.85. The zero-order chi connectivity index (χ0) is 13.5. The van der Waals surface area contributed by atoms with E-state index in [1.54, 1.807) is 12.1 Å². The summed E-state index contributed by atoms with van der Waals surface area (Å²) in [6.07, 6.45) is 0.609. The van der Waals surface area contributed by atoms with Crippen LogP contribution in [0.2, 0.25) is 0 Å². The van der Waals surface area contributed by atoms with Crippen molar-refractivity contribution < 1.29 is 9.13 Å². The van der Waals surface area contributed by atoms with Gasteiger partial charge < -0.3 is 4.74 Å². The van der Waals surface area contributed by atoms with E-state index in [0.717, 1.165) is 5.56 Å². The lowest BCUT2D eigenvalue weighted by Crippen LogP contribution is -2.04. The van der Waals surface area contributed by atoms with Gasteiger partial charge in [0, 0.05) is 6.42 Å². The maximum Gasteiger partial charge on any atom is 0.123 e. The summed E-state index contributed by atoms with van der Waals surface area (Å²) in [6.45, 7) is 0.429. The van der Waals surface area contributed by atoms with Gasteiger partial charge in [0.25, 0.3) is 0 Å². The lowest BCUT2D eigenvalue weighted by Gasteiger charge is -2.10. The first-order valence-corrected chi connectivity index (χ1v) is 6.12. The van der Waals surface area contributed by atoms with Crippen LogP contribution >= 0.6 is 0 Å². The van der Waals surface area contributed by atoms with Crippen LogP contribution in [-0.2, 0) is 0 Å². The minimum Gasteiger partial charge on any atom is -0.494 e. The summed E-state index contributed by atoms with van der Waals surface area (Å²) in [6, 6.07) is 17.8. The minimum absolute atomic E-state index is 0.179. The molecular weight excluding hydrogens is 241 g/mol. The monoisotopic (exact) mass is 255 g/mol. The van der Waals surface area contributed by atoms with E-state index >= 15 is 0 Å². The molecule has 3 heteroatoms. The third-order valence-electron chi connectivity index (χ3n) is 2.85. The predicted octanol–water partition coefficient (Wildman–Crippen LogP) is 3.90. The molecule has 0 aliphatic rings.